The molecule has 0 saturated carbocycles. The molecule has 0 aliphatic carbocycles. The average Bonchev–Trinajstić information content (AvgIpc) is 2.92. The highest BCUT2D eigenvalue weighted by atomic mass is 16.3. The standard InChI is InChI=1S/C14H16N2O2/c15-8-13(12-4-2-1-3-5-12)14(17)16-9-11-6-7-18-10-11/h1-7,10,13H,8-9,15H2,(H,16,17). The van der Waals surface area contributed by atoms with Crippen molar-refractivity contribution in [2.75, 3.05) is 6.54 Å². The molecule has 0 fully saturated rings. The number of benzene rings is 1. The Labute approximate surface area is 106 Å². The van der Waals surface area contributed by atoms with Crippen molar-refractivity contribution in [1.82, 2.24) is 5.32 Å². The van der Waals surface area contributed by atoms with Crippen LogP contribution in [-0.2, 0) is 11.3 Å². The molecule has 0 aliphatic rings. The highest BCUT2D eigenvalue weighted by Gasteiger charge is 2.18. The highest BCUT2D eigenvalue weighted by molar-refractivity contribution is 5.83. The molecular weight excluding hydrogens is 228 g/mol. The summed E-state index contributed by atoms with van der Waals surface area (Å²) in [4.78, 5) is 12.0. The van der Waals surface area contributed by atoms with E-state index in [1.54, 1.807) is 12.5 Å². The number of nitrogens with one attached hydrogen (secondary N) is 1. The molecule has 94 valence electrons. The van der Waals surface area contributed by atoms with Crippen LogP contribution >= 0.6 is 0 Å². The van der Waals surface area contributed by atoms with Gasteiger partial charge in [0.2, 0.25) is 5.91 Å². The molecule has 1 aromatic carbocycles. The van der Waals surface area contributed by atoms with Gasteiger partial charge in [0, 0.05) is 18.7 Å². The van der Waals surface area contributed by atoms with Crippen LogP contribution in [0.3, 0.4) is 0 Å². The fraction of sp³-hybridized carbons (Fsp3) is 0.214. The molecule has 0 radical (unpaired) electrons. The Bertz CT molecular complexity index is 480. The minimum Gasteiger partial charge on any atom is -0.472 e. The topological polar surface area (TPSA) is 68.3 Å². The molecule has 0 spiro atoms. The minimum absolute atomic E-state index is 0.0649. The number of carbonyl (C=O) groups is 1. The normalized spacial score (nSPS) is 12.1. The Balaban J connectivity index is 1.98. The van der Waals surface area contributed by atoms with Crippen molar-refractivity contribution < 1.29 is 9.21 Å². The molecule has 1 aromatic heterocycles. The summed E-state index contributed by atoms with van der Waals surface area (Å²) in [7, 11) is 0. The predicted molar refractivity (Wildman–Crippen MR) is 68.8 cm³/mol. The lowest BCUT2D eigenvalue weighted by Crippen LogP contribution is -2.32. The summed E-state index contributed by atoms with van der Waals surface area (Å²) >= 11 is 0. The number of hydrogen-bond acceptors (Lipinski definition) is 3. The van der Waals surface area contributed by atoms with Gasteiger partial charge in [-0.15, -0.1) is 0 Å². The van der Waals surface area contributed by atoms with Gasteiger partial charge in [-0.05, 0) is 11.6 Å². The molecule has 0 saturated heterocycles. The first-order valence-electron chi connectivity index (χ1n) is 5.85. The number of hydrogen-bond donors (Lipinski definition) is 2. The van der Waals surface area contributed by atoms with E-state index in [4.69, 9.17) is 10.2 Å². The molecule has 1 unspecified atom stereocenters. The van der Waals surface area contributed by atoms with Gasteiger partial charge in [-0.1, -0.05) is 30.3 Å². The molecule has 1 amide bonds. The highest BCUT2D eigenvalue weighted by Crippen LogP contribution is 2.14. The summed E-state index contributed by atoms with van der Waals surface area (Å²) in [6, 6.07) is 11.4. The van der Waals surface area contributed by atoms with Gasteiger partial charge in [0.1, 0.15) is 0 Å². The van der Waals surface area contributed by atoms with Crippen LogP contribution in [-0.4, -0.2) is 12.5 Å². The fourth-order valence-electron chi connectivity index (χ4n) is 1.79. The van der Waals surface area contributed by atoms with Crippen LogP contribution in [0.5, 0.6) is 0 Å². The van der Waals surface area contributed by atoms with E-state index in [9.17, 15) is 4.79 Å². The van der Waals surface area contributed by atoms with Crippen molar-refractivity contribution in [3.05, 3.63) is 60.1 Å². The van der Waals surface area contributed by atoms with Gasteiger partial charge in [-0.2, -0.15) is 0 Å². The monoisotopic (exact) mass is 244 g/mol. The molecule has 3 N–H and O–H groups in total. The molecule has 0 aliphatic heterocycles. The van der Waals surface area contributed by atoms with E-state index in [0.717, 1.165) is 11.1 Å². The first-order chi connectivity index (χ1) is 8.81. The van der Waals surface area contributed by atoms with Gasteiger partial charge in [-0.3, -0.25) is 4.79 Å². The first kappa shape index (κ1) is 12.4. The zero-order chi connectivity index (χ0) is 12.8. The van der Waals surface area contributed by atoms with E-state index in [1.807, 2.05) is 36.4 Å². The summed E-state index contributed by atoms with van der Waals surface area (Å²) in [5.74, 6) is -0.372. The zero-order valence-electron chi connectivity index (χ0n) is 10.0. The van der Waals surface area contributed by atoms with E-state index < -0.39 is 0 Å². The second-order valence-corrected chi connectivity index (χ2v) is 4.05. The maximum absolute atomic E-state index is 12.0. The SMILES string of the molecule is NCC(C(=O)NCc1ccoc1)c1ccccc1. The molecule has 2 aromatic rings. The van der Waals surface area contributed by atoms with Crippen LogP contribution in [0.2, 0.25) is 0 Å². The lowest BCUT2D eigenvalue weighted by molar-refractivity contribution is -0.122. The zero-order valence-corrected chi connectivity index (χ0v) is 10.0. The Hall–Kier alpha value is -2.07. The molecule has 2 rings (SSSR count). The van der Waals surface area contributed by atoms with Crippen LogP contribution < -0.4 is 11.1 Å². The summed E-state index contributed by atoms with van der Waals surface area (Å²) < 4.78 is 4.94. The van der Waals surface area contributed by atoms with Crippen molar-refractivity contribution in [2.45, 2.75) is 12.5 Å². The number of nitrogens with two attached hydrogens (primary N) is 1. The van der Waals surface area contributed by atoms with Gasteiger partial charge >= 0.3 is 0 Å². The maximum atomic E-state index is 12.0. The third kappa shape index (κ3) is 2.99. The Morgan fingerprint density at radius 2 is 2.06 bits per heavy atom. The van der Waals surface area contributed by atoms with Crippen LogP contribution in [0.4, 0.5) is 0 Å². The smallest absolute Gasteiger partial charge is 0.229 e. The first-order valence-corrected chi connectivity index (χ1v) is 5.85. The maximum Gasteiger partial charge on any atom is 0.229 e. The molecule has 1 atom stereocenters. The van der Waals surface area contributed by atoms with Gasteiger partial charge in [-0.25, -0.2) is 0 Å². The average molecular weight is 244 g/mol. The van der Waals surface area contributed by atoms with Crippen LogP contribution in [0.1, 0.15) is 17.0 Å². The number of amides is 1. The Kier molecular flexibility index (Phi) is 4.15. The molecule has 4 nitrogen and oxygen atoms in total. The largest absolute Gasteiger partial charge is 0.472 e. The second-order valence-electron chi connectivity index (χ2n) is 4.05. The van der Waals surface area contributed by atoms with E-state index in [1.165, 1.54) is 0 Å². The Morgan fingerprint density at radius 1 is 1.28 bits per heavy atom. The minimum atomic E-state index is -0.307. The van der Waals surface area contributed by atoms with Crippen molar-refractivity contribution in [2.24, 2.45) is 5.73 Å². The predicted octanol–water partition coefficient (Wildman–Crippen LogP) is 1.64. The van der Waals surface area contributed by atoms with Gasteiger partial charge in [0.05, 0.1) is 18.4 Å². The van der Waals surface area contributed by atoms with Crippen LogP contribution in [0, 0.1) is 0 Å². The summed E-state index contributed by atoms with van der Waals surface area (Å²) in [5.41, 5.74) is 7.55. The van der Waals surface area contributed by atoms with Crippen LogP contribution in [0.25, 0.3) is 0 Å². The number of furan rings is 1. The van der Waals surface area contributed by atoms with E-state index in [2.05, 4.69) is 5.32 Å². The van der Waals surface area contributed by atoms with Gasteiger partial charge < -0.3 is 15.5 Å². The lowest BCUT2D eigenvalue weighted by Gasteiger charge is -2.14. The summed E-state index contributed by atoms with van der Waals surface area (Å²) in [6.45, 7) is 0.750. The molecule has 1 heterocycles. The lowest BCUT2D eigenvalue weighted by atomic mass is 9.98. The Morgan fingerprint density at radius 3 is 2.67 bits per heavy atom. The number of rotatable bonds is 5. The molecule has 18 heavy (non-hydrogen) atoms. The fourth-order valence-corrected chi connectivity index (χ4v) is 1.79. The summed E-state index contributed by atoms with van der Waals surface area (Å²) in [6.07, 6.45) is 3.19. The van der Waals surface area contributed by atoms with Gasteiger partial charge in [0.15, 0.2) is 0 Å². The van der Waals surface area contributed by atoms with E-state index in [0.29, 0.717) is 13.1 Å². The van der Waals surface area contributed by atoms with E-state index in [-0.39, 0.29) is 11.8 Å². The van der Waals surface area contributed by atoms with Crippen molar-refractivity contribution in [3.63, 3.8) is 0 Å². The number of carbonyl (C=O) groups excluding carboxylic acids is 1. The summed E-state index contributed by atoms with van der Waals surface area (Å²) in [5, 5.41) is 2.86. The second kappa shape index (κ2) is 6.02. The van der Waals surface area contributed by atoms with Gasteiger partial charge in [0.25, 0.3) is 0 Å². The van der Waals surface area contributed by atoms with Crippen molar-refractivity contribution in [3.8, 4) is 0 Å². The third-order valence-corrected chi connectivity index (χ3v) is 2.80. The molecular formula is C14H16N2O2. The quantitative estimate of drug-likeness (QED) is 0.840. The molecule has 0 bridgehead atoms. The van der Waals surface area contributed by atoms with Crippen LogP contribution in [0.15, 0.2) is 53.3 Å². The molecule has 4 heteroatoms. The van der Waals surface area contributed by atoms with Crippen molar-refractivity contribution >= 4 is 5.91 Å². The van der Waals surface area contributed by atoms with Crippen molar-refractivity contribution in [1.29, 1.82) is 0 Å². The van der Waals surface area contributed by atoms with E-state index >= 15 is 0 Å². The third-order valence-electron chi connectivity index (χ3n) is 2.80.